The number of rotatable bonds is 5. The lowest BCUT2D eigenvalue weighted by Gasteiger charge is -2.09. The maximum Gasteiger partial charge on any atom is 0.0904 e. The van der Waals surface area contributed by atoms with Crippen LogP contribution in [0.4, 0.5) is 0 Å². The molecule has 0 saturated carbocycles. The maximum absolute atomic E-state index is 4.72. The quantitative estimate of drug-likeness (QED) is 0.844. The van der Waals surface area contributed by atoms with Gasteiger partial charge < -0.3 is 4.90 Å². The number of hydrogen-bond donors (Lipinski definition) is 0. The van der Waals surface area contributed by atoms with Gasteiger partial charge in [-0.3, -0.25) is 9.97 Å². The van der Waals surface area contributed by atoms with Crippen LogP contribution in [0.5, 0.6) is 0 Å². The zero-order chi connectivity index (χ0) is 14.7. The molecule has 4 nitrogen and oxygen atoms in total. The van der Waals surface area contributed by atoms with Gasteiger partial charge in [0.1, 0.15) is 0 Å². The predicted octanol–water partition coefficient (Wildman–Crippen LogP) is 2.60. The molecule has 1 aliphatic rings. The molecule has 4 heteroatoms. The summed E-state index contributed by atoms with van der Waals surface area (Å²) in [7, 11) is 4.18. The molecule has 2 heterocycles. The van der Waals surface area contributed by atoms with Crippen LogP contribution in [0.2, 0.25) is 0 Å². The Morgan fingerprint density at radius 2 is 2.10 bits per heavy atom. The molecule has 0 N–H and O–H groups in total. The number of fused-ring (bicyclic) bond motifs is 1. The first-order chi connectivity index (χ1) is 10.2. The number of hydrogen-bond acceptors (Lipinski definition) is 4. The van der Waals surface area contributed by atoms with Gasteiger partial charge >= 0.3 is 0 Å². The van der Waals surface area contributed by atoms with E-state index in [4.69, 9.17) is 4.98 Å². The summed E-state index contributed by atoms with van der Waals surface area (Å²) in [6.45, 7) is 1.07. The molecule has 0 atom stereocenters. The molecule has 0 saturated heterocycles. The summed E-state index contributed by atoms with van der Waals surface area (Å²) in [5.41, 5.74) is 5.35. The van der Waals surface area contributed by atoms with E-state index in [0.29, 0.717) is 0 Å². The number of nitrogens with zero attached hydrogens (tertiary/aromatic N) is 4. The molecule has 0 bridgehead atoms. The molecule has 0 aliphatic heterocycles. The molecular formula is C17H20N4. The van der Waals surface area contributed by atoms with E-state index in [1.807, 2.05) is 18.6 Å². The minimum Gasteiger partial charge on any atom is -0.309 e. The van der Waals surface area contributed by atoms with Gasteiger partial charge in [-0.25, -0.2) is 4.98 Å². The topological polar surface area (TPSA) is 41.9 Å². The fourth-order valence-electron chi connectivity index (χ4n) is 2.50. The van der Waals surface area contributed by atoms with E-state index in [-0.39, 0.29) is 0 Å². The molecular weight excluding hydrogens is 260 g/mol. The molecule has 108 valence electrons. The minimum absolute atomic E-state index is 0.910. The number of aromatic nitrogens is 3. The molecule has 0 spiro atoms. The van der Waals surface area contributed by atoms with Crippen LogP contribution in [0.3, 0.4) is 0 Å². The average Bonchev–Trinajstić information content (AvgIpc) is 2.94. The number of pyridine rings is 1. The highest BCUT2D eigenvalue weighted by Crippen LogP contribution is 2.23. The van der Waals surface area contributed by atoms with Crippen molar-refractivity contribution >= 4 is 6.08 Å². The third-order valence-electron chi connectivity index (χ3n) is 3.63. The number of aryl methyl sites for hydroxylation is 1. The molecule has 0 radical (unpaired) electrons. The lowest BCUT2D eigenvalue weighted by Crippen LogP contribution is -2.13. The molecule has 3 rings (SSSR count). The predicted molar refractivity (Wildman–Crippen MR) is 84.9 cm³/mol. The van der Waals surface area contributed by atoms with Crippen LogP contribution < -0.4 is 0 Å². The van der Waals surface area contributed by atoms with Crippen molar-refractivity contribution < 1.29 is 0 Å². The normalized spacial score (nSPS) is 12.9. The van der Waals surface area contributed by atoms with Gasteiger partial charge in [0, 0.05) is 24.4 Å². The van der Waals surface area contributed by atoms with Crippen LogP contribution in [0.15, 0.2) is 30.7 Å². The van der Waals surface area contributed by atoms with E-state index in [2.05, 4.69) is 47.2 Å². The van der Waals surface area contributed by atoms with Crippen LogP contribution in [-0.4, -0.2) is 40.5 Å². The van der Waals surface area contributed by atoms with Crippen LogP contribution in [0, 0.1) is 0 Å². The zero-order valence-corrected chi connectivity index (χ0v) is 12.6. The summed E-state index contributed by atoms with van der Waals surface area (Å²) in [6, 6.07) is 2.15. The fraction of sp³-hybridized carbons (Fsp3) is 0.353. The molecule has 0 amide bonds. The number of allylic oxidation sites excluding steroid dienone is 1. The molecule has 2 aromatic heterocycles. The summed E-state index contributed by atoms with van der Waals surface area (Å²) in [6.07, 6.45) is 12.8. The van der Waals surface area contributed by atoms with Gasteiger partial charge in [0.05, 0.1) is 23.3 Å². The SMILES string of the molecule is CN(C)CCCc1cncc(-c2cnc3c(c2)C=CC3)n1. The van der Waals surface area contributed by atoms with E-state index in [1.165, 1.54) is 5.56 Å². The van der Waals surface area contributed by atoms with E-state index >= 15 is 0 Å². The van der Waals surface area contributed by atoms with Gasteiger partial charge in [-0.2, -0.15) is 0 Å². The lowest BCUT2D eigenvalue weighted by molar-refractivity contribution is 0.399. The maximum atomic E-state index is 4.72. The van der Waals surface area contributed by atoms with Gasteiger partial charge in [-0.15, -0.1) is 0 Å². The second-order valence-electron chi connectivity index (χ2n) is 5.67. The first-order valence-electron chi connectivity index (χ1n) is 7.34. The first kappa shape index (κ1) is 13.9. The highest BCUT2D eigenvalue weighted by molar-refractivity contribution is 5.66. The standard InChI is InChI=1S/C17H20N4/c1-21(2)8-4-6-15-11-18-12-17(20-15)14-9-13-5-3-7-16(13)19-10-14/h3,5,9-12H,4,6-8H2,1-2H3. The monoisotopic (exact) mass is 280 g/mol. The summed E-state index contributed by atoms with van der Waals surface area (Å²) >= 11 is 0. The second-order valence-corrected chi connectivity index (χ2v) is 5.67. The Hall–Kier alpha value is -2.07. The van der Waals surface area contributed by atoms with Crippen molar-refractivity contribution in [2.24, 2.45) is 0 Å². The van der Waals surface area contributed by atoms with Crippen LogP contribution in [-0.2, 0) is 12.8 Å². The van der Waals surface area contributed by atoms with Crippen molar-refractivity contribution in [1.82, 2.24) is 19.9 Å². The average molecular weight is 280 g/mol. The molecule has 21 heavy (non-hydrogen) atoms. The van der Waals surface area contributed by atoms with Gasteiger partial charge in [-0.05, 0) is 45.1 Å². The Labute approximate surface area is 125 Å². The lowest BCUT2D eigenvalue weighted by atomic mass is 10.1. The summed E-state index contributed by atoms with van der Waals surface area (Å²) in [5, 5.41) is 0. The Bertz CT molecular complexity index is 662. The van der Waals surface area contributed by atoms with Crippen molar-refractivity contribution in [3.63, 3.8) is 0 Å². The Morgan fingerprint density at radius 3 is 2.95 bits per heavy atom. The van der Waals surface area contributed by atoms with Gasteiger partial charge in [0.15, 0.2) is 0 Å². The van der Waals surface area contributed by atoms with Crippen molar-refractivity contribution in [2.45, 2.75) is 19.3 Å². The Morgan fingerprint density at radius 1 is 1.19 bits per heavy atom. The summed E-state index contributed by atoms with van der Waals surface area (Å²) < 4.78 is 0. The van der Waals surface area contributed by atoms with Crippen LogP contribution in [0.1, 0.15) is 23.4 Å². The Kier molecular flexibility index (Phi) is 4.06. The van der Waals surface area contributed by atoms with Gasteiger partial charge in [-0.1, -0.05) is 12.2 Å². The minimum atomic E-state index is 0.910. The first-order valence-corrected chi connectivity index (χ1v) is 7.34. The zero-order valence-electron chi connectivity index (χ0n) is 12.6. The van der Waals surface area contributed by atoms with Crippen molar-refractivity contribution in [3.8, 4) is 11.3 Å². The Balaban J connectivity index is 1.78. The van der Waals surface area contributed by atoms with E-state index in [0.717, 1.165) is 48.5 Å². The van der Waals surface area contributed by atoms with E-state index in [1.54, 1.807) is 0 Å². The van der Waals surface area contributed by atoms with Crippen LogP contribution >= 0.6 is 0 Å². The second kappa shape index (κ2) is 6.14. The summed E-state index contributed by atoms with van der Waals surface area (Å²) in [5.74, 6) is 0. The summed E-state index contributed by atoms with van der Waals surface area (Å²) in [4.78, 5) is 15.8. The van der Waals surface area contributed by atoms with E-state index in [9.17, 15) is 0 Å². The van der Waals surface area contributed by atoms with Crippen LogP contribution in [0.25, 0.3) is 17.3 Å². The molecule has 0 fully saturated rings. The van der Waals surface area contributed by atoms with Crippen molar-refractivity contribution in [3.05, 3.63) is 47.7 Å². The van der Waals surface area contributed by atoms with E-state index < -0.39 is 0 Å². The fourth-order valence-corrected chi connectivity index (χ4v) is 2.50. The highest BCUT2D eigenvalue weighted by atomic mass is 15.0. The third kappa shape index (κ3) is 3.34. The smallest absolute Gasteiger partial charge is 0.0904 e. The molecule has 0 aromatic carbocycles. The largest absolute Gasteiger partial charge is 0.309 e. The molecule has 0 unspecified atom stereocenters. The van der Waals surface area contributed by atoms with Crippen molar-refractivity contribution in [1.29, 1.82) is 0 Å². The van der Waals surface area contributed by atoms with Crippen molar-refractivity contribution in [2.75, 3.05) is 20.6 Å². The highest BCUT2D eigenvalue weighted by Gasteiger charge is 2.09. The van der Waals surface area contributed by atoms with Gasteiger partial charge in [0.2, 0.25) is 0 Å². The molecule has 2 aromatic rings. The third-order valence-corrected chi connectivity index (χ3v) is 3.63. The molecule has 1 aliphatic carbocycles. The van der Waals surface area contributed by atoms with Gasteiger partial charge in [0.25, 0.3) is 0 Å².